The molecule has 2 aromatic carbocycles. The standard InChI is InChI=1S/C32H38N8O2/c1-21-8-10-25(11-9-21)40-27(20-26(38-40)32(2,3)4)37-31(42)36-24-7-5-6-23(19-24)18-22-12-16-39(17-13-22)30(41)28-29(33)35-15-14-34-28/h5-11,14-15,19-20,22H,12-13,16-18H2,1-4H3,(H2,33,35)(H2,36,37,42). The molecule has 0 saturated carbocycles. The first-order valence-corrected chi connectivity index (χ1v) is 14.3. The zero-order valence-corrected chi connectivity index (χ0v) is 24.6. The number of likely N-dealkylation sites (tertiary alicyclic amines) is 1. The van der Waals surface area contributed by atoms with E-state index in [-0.39, 0.29) is 28.9 Å². The number of nitrogens with zero attached hydrogens (tertiary/aromatic N) is 5. The minimum absolute atomic E-state index is 0.159. The number of amides is 3. The Bertz CT molecular complexity index is 1560. The van der Waals surface area contributed by atoms with Gasteiger partial charge in [-0.25, -0.2) is 19.4 Å². The zero-order valence-electron chi connectivity index (χ0n) is 24.6. The predicted octanol–water partition coefficient (Wildman–Crippen LogP) is 5.59. The minimum Gasteiger partial charge on any atom is -0.382 e. The Morgan fingerprint density at radius 1 is 0.976 bits per heavy atom. The van der Waals surface area contributed by atoms with E-state index in [9.17, 15) is 9.59 Å². The Balaban J connectivity index is 1.20. The van der Waals surface area contributed by atoms with Crippen molar-refractivity contribution >= 4 is 29.3 Å². The van der Waals surface area contributed by atoms with Gasteiger partial charge in [-0.05, 0) is 61.9 Å². The highest BCUT2D eigenvalue weighted by atomic mass is 16.2. The Kier molecular flexibility index (Phi) is 8.24. The topological polar surface area (TPSA) is 131 Å². The van der Waals surface area contributed by atoms with Gasteiger partial charge in [0.1, 0.15) is 5.82 Å². The summed E-state index contributed by atoms with van der Waals surface area (Å²) in [6.45, 7) is 9.62. The molecule has 42 heavy (non-hydrogen) atoms. The Hall–Kier alpha value is -4.73. The van der Waals surface area contributed by atoms with Crippen LogP contribution in [-0.4, -0.2) is 49.7 Å². The van der Waals surface area contributed by atoms with E-state index in [1.807, 2.05) is 55.5 Å². The summed E-state index contributed by atoms with van der Waals surface area (Å²) in [4.78, 5) is 35.8. The van der Waals surface area contributed by atoms with Gasteiger partial charge in [0.15, 0.2) is 11.5 Å². The number of nitrogen functional groups attached to an aromatic ring is 1. The summed E-state index contributed by atoms with van der Waals surface area (Å²) in [5.41, 5.74) is 10.6. The second kappa shape index (κ2) is 12.0. The van der Waals surface area contributed by atoms with Gasteiger partial charge in [0.2, 0.25) is 0 Å². The normalized spacial score (nSPS) is 14.0. The van der Waals surface area contributed by atoms with E-state index < -0.39 is 0 Å². The molecule has 1 aliphatic rings. The highest BCUT2D eigenvalue weighted by molar-refractivity contribution is 5.99. The highest BCUT2D eigenvalue weighted by Crippen LogP contribution is 2.27. The van der Waals surface area contributed by atoms with Crippen molar-refractivity contribution in [2.24, 2.45) is 5.92 Å². The van der Waals surface area contributed by atoms with Crippen molar-refractivity contribution in [3.8, 4) is 5.69 Å². The molecule has 4 N–H and O–H groups in total. The van der Waals surface area contributed by atoms with Crippen molar-refractivity contribution in [1.82, 2.24) is 24.6 Å². The van der Waals surface area contributed by atoms with Crippen LogP contribution >= 0.6 is 0 Å². The highest BCUT2D eigenvalue weighted by Gasteiger charge is 2.26. The molecule has 218 valence electrons. The lowest BCUT2D eigenvalue weighted by atomic mass is 9.90. The van der Waals surface area contributed by atoms with Gasteiger partial charge >= 0.3 is 6.03 Å². The maximum absolute atomic E-state index is 13.1. The maximum Gasteiger partial charge on any atom is 0.324 e. The predicted molar refractivity (Wildman–Crippen MR) is 165 cm³/mol. The summed E-state index contributed by atoms with van der Waals surface area (Å²) < 4.78 is 1.77. The van der Waals surface area contributed by atoms with Gasteiger partial charge in [-0.1, -0.05) is 50.6 Å². The molecular weight excluding hydrogens is 528 g/mol. The van der Waals surface area contributed by atoms with E-state index >= 15 is 0 Å². The van der Waals surface area contributed by atoms with Gasteiger partial charge in [-0.15, -0.1) is 0 Å². The Morgan fingerprint density at radius 2 is 1.69 bits per heavy atom. The zero-order chi connectivity index (χ0) is 29.9. The summed E-state index contributed by atoms with van der Waals surface area (Å²) >= 11 is 0. The van der Waals surface area contributed by atoms with E-state index in [2.05, 4.69) is 47.4 Å². The van der Waals surface area contributed by atoms with Gasteiger partial charge in [-0.3, -0.25) is 10.1 Å². The van der Waals surface area contributed by atoms with E-state index in [1.165, 1.54) is 12.4 Å². The first-order chi connectivity index (χ1) is 20.1. The second-order valence-electron chi connectivity index (χ2n) is 11.9. The first kappa shape index (κ1) is 28.8. The number of anilines is 3. The summed E-state index contributed by atoms with van der Waals surface area (Å²) in [7, 11) is 0. The van der Waals surface area contributed by atoms with Crippen molar-refractivity contribution in [1.29, 1.82) is 0 Å². The molecule has 3 heterocycles. The average Bonchev–Trinajstić information content (AvgIpc) is 3.38. The van der Waals surface area contributed by atoms with Gasteiger partial charge in [0.05, 0.1) is 11.4 Å². The molecule has 10 heteroatoms. The smallest absolute Gasteiger partial charge is 0.324 e. The van der Waals surface area contributed by atoms with Crippen molar-refractivity contribution in [2.75, 3.05) is 29.5 Å². The van der Waals surface area contributed by atoms with E-state index in [0.717, 1.165) is 41.8 Å². The first-order valence-electron chi connectivity index (χ1n) is 14.3. The molecule has 2 aromatic heterocycles. The van der Waals surface area contributed by atoms with Crippen LogP contribution in [0, 0.1) is 12.8 Å². The number of carbonyl (C=O) groups is 2. The second-order valence-corrected chi connectivity index (χ2v) is 11.9. The van der Waals surface area contributed by atoms with E-state index in [4.69, 9.17) is 10.8 Å². The molecule has 1 aliphatic heterocycles. The molecule has 3 amide bonds. The monoisotopic (exact) mass is 566 g/mol. The summed E-state index contributed by atoms with van der Waals surface area (Å²) in [5, 5.41) is 10.8. The molecule has 0 unspecified atom stereocenters. The number of nitrogens with one attached hydrogen (secondary N) is 2. The molecule has 0 radical (unpaired) electrons. The Morgan fingerprint density at radius 3 is 2.38 bits per heavy atom. The van der Waals surface area contributed by atoms with Gasteiger partial charge < -0.3 is 16.0 Å². The van der Waals surface area contributed by atoms with Crippen molar-refractivity contribution in [2.45, 2.75) is 52.4 Å². The quantitative estimate of drug-likeness (QED) is 0.279. The van der Waals surface area contributed by atoms with Crippen LogP contribution in [-0.2, 0) is 11.8 Å². The van der Waals surface area contributed by atoms with Gasteiger partial charge in [0.25, 0.3) is 5.91 Å². The number of rotatable bonds is 6. The van der Waals surface area contributed by atoms with Crippen LogP contribution in [0.25, 0.3) is 5.69 Å². The lowest BCUT2D eigenvalue weighted by molar-refractivity contribution is 0.0685. The number of urea groups is 1. The van der Waals surface area contributed by atoms with Crippen LogP contribution in [0.15, 0.2) is 67.0 Å². The summed E-state index contributed by atoms with van der Waals surface area (Å²) in [6.07, 6.45) is 5.58. The number of hydrogen-bond donors (Lipinski definition) is 3. The molecule has 1 fully saturated rings. The maximum atomic E-state index is 13.1. The largest absolute Gasteiger partial charge is 0.382 e. The van der Waals surface area contributed by atoms with Gasteiger partial charge in [-0.2, -0.15) is 5.10 Å². The van der Waals surface area contributed by atoms with Crippen LogP contribution in [0.1, 0.15) is 60.9 Å². The fraction of sp³-hybridized carbons (Fsp3) is 0.344. The average molecular weight is 567 g/mol. The van der Waals surface area contributed by atoms with Crippen molar-refractivity contribution in [3.63, 3.8) is 0 Å². The summed E-state index contributed by atoms with van der Waals surface area (Å²) in [5.74, 6) is 1.01. The SMILES string of the molecule is Cc1ccc(-n2nc(C(C)(C)C)cc2NC(=O)Nc2cccc(CC3CCN(C(=O)c4nccnc4N)CC3)c2)cc1. The third-order valence-corrected chi connectivity index (χ3v) is 7.54. The fourth-order valence-electron chi connectivity index (χ4n) is 5.11. The van der Waals surface area contributed by atoms with Crippen LogP contribution in [0.5, 0.6) is 0 Å². The van der Waals surface area contributed by atoms with Crippen LogP contribution in [0.3, 0.4) is 0 Å². The third kappa shape index (κ3) is 6.76. The number of nitrogens with two attached hydrogens (primary N) is 1. The lowest BCUT2D eigenvalue weighted by Crippen LogP contribution is -2.39. The summed E-state index contributed by atoms with van der Waals surface area (Å²) in [6, 6.07) is 17.5. The fourth-order valence-corrected chi connectivity index (χ4v) is 5.11. The van der Waals surface area contributed by atoms with Crippen molar-refractivity contribution < 1.29 is 9.59 Å². The molecule has 0 aliphatic carbocycles. The number of piperidine rings is 1. The van der Waals surface area contributed by atoms with E-state index in [0.29, 0.717) is 30.5 Å². The van der Waals surface area contributed by atoms with E-state index in [1.54, 1.807) is 9.58 Å². The third-order valence-electron chi connectivity index (χ3n) is 7.54. The number of carbonyl (C=O) groups excluding carboxylic acids is 2. The van der Waals surface area contributed by atoms with Crippen LogP contribution < -0.4 is 16.4 Å². The Labute approximate surface area is 246 Å². The molecule has 0 bridgehead atoms. The molecule has 10 nitrogen and oxygen atoms in total. The lowest BCUT2D eigenvalue weighted by Gasteiger charge is -2.32. The molecule has 4 aromatic rings. The van der Waals surface area contributed by atoms with Crippen LogP contribution in [0.4, 0.5) is 22.1 Å². The van der Waals surface area contributed by atoms with Crippen LogP contribution in [0.2, 0.25) is 0 Å². The number of hydrogen-bond acceptors (Lipinski definition) is 6. The molecule has 5 rings (SSSR count). The number of benzene rings is 2. The van der Waals surface area contributed by atoms with Gasteiger partial charge in [0, 0.05) is 42.7 Å². The molecule has 0 spiro atoms. The number of aryl methyl sites for hydroxylation is 1. The minimum atomic E-state index is -0.337. The number of aromatic nitrogens is 4. The molecule has 1 saturated heterocycles. The van der Waals surface area contributed by atoms with Crippen molar-refractivity contribution in [3.05, 3.63) is 89.5 Å². The molecule has 0 atom stereocenters. The molecular formula is C32H38N8O2.